The smallest absolute Gasteiger partial charge is 0.335 e. The highest BCUT2D eigenvalue weighted by Gasteiger charge is 2.25. The van der Waals surface area contributed by atoms with E-state index in [-0.39, 0.29) is 5.91 Å². The fourth-order valence-corrected chi connectivity index (χ4v) is 3.69. The van der Waals surface area contributed by atoms with E-state index in [1.165, 1.54) is 0 Å². The van der Waals surface area contributed by atoms with Gasteiger partial charge in [-0.25, -0.2) is 4.79 Å². The molecule has 0 aliphatic carbocycles. The van der Waals surface area contributed by atoms with Crippen molar-refractivity contribution in [2.45, 2.75) is 19.3 Å². The van der Waals surface area contributed by atoms with Gasteiger partial charge in [0.05, 0.1) is 11.1 Å². The van der Waals surface area contributed by atoms with E-state index in [2.05, 4.69) is 10.2 Å². The molecular formula is C20H20N4O3. The van der Waals surface area contributed by atoms with E-state index >= 15 is 0 Å². The summed E-state index contributed by atoms with van der Waals surface area (Å²) in [5.41, 5.74) is 2.57. The average Bonchev–Trinajstić information content (AvgIpc) is 3.16. The number of pyridine rings is 1. The van der Waals surface area contributed by atoms with Crippen LogP contribution in [0.5, 0.6) is 0 Å². The van der Waals surface area contributed by atoms with E-state index < -0.39 is 5.97 Å². The van der Waals surface area contributed by atoms with Crippen LogP contribution in [0, 0.1) is 5.92 Å². The van der Waals surface area contributed by atoms with E-state index in [0.717, 1.165) is 24.8 Å². The maximum absolute atomic E-state index is 12.8. The average molecular weight is 364 g/mol. The zero-order chi connectivity index (χ0) is 18.8. The zero-order valence-electron chi connectivity index (χ0n) is 14.8. The molecule has 4 rings (SSSR count). The standard InChI is InChI=1S/C20H20N4O3/c25-19(16-5-6-18-22-21-13-24(18)12-16)23-9-7-14(8-10-23)11-15-3-1-2-4-17(15)20(26)27/h1-6,12-14H,7-11H2,(H,26,27). The molecule has 1 aromatic carbocycles. The van der Waals surface area contributed by atoms with Crippen molar-refractivity contribution in [3.63, 3.8) is 0 Å². The van der Waals surface area contributed by atoms with Gasteiger partial charge in [0.1, 0.15) is 6.33 Å². The van der Waals surface area contributed by atoms with Crippen LogP contribution < -0.4 is 0 Å². The van der Waals surface area contributed by atoms with Crippen molar-refractivity contribution in [3.05, 3.63) is 65.6 Å². The molecule has 138 valence electrons. The molecule has 3 aromatic rings. The molecule has 0 spiro atoms. The number of carbonyl (C=O) groups excluding carboxylic acids is 1. The second-order valence-electron chi connectivity index (χ2n) is 6.92. The number of rotatable bonds is 4. The third-order valence-electron chi connectivity index (χ3n) is 5.20. The Kier molecular flexibility index (Phi) is 4.58. The van der Waals surface area contributed by atoms with E-state index in [1.54, 1.807) is 41.2 Å². The lowest BCUT2D eigenvalue weighted by molar-refractivity contribution is 0.0690. The van der Waals surface area contributed by atoms with Crippen molar-refractivity contribution in [2.75, 3.05) is 13.1 Å². The van der Waals surface area contributed by atoms with Crippen molar-refractivity contribution >= 4 is 17.5 Å². The van der Waals surface area contributed by atoms with E-state index in [1.807, 2.05) is 17.0 Å². The van der Waals surface area contributed by atoms with Gasteiger partial charge in [0.25, 0.3) is 5.91 Å². The number of piperidine rings is 1. The zero-order valence-corrected chi connectivity index (χ0v) is 14.8. The summed E-state index contributed by atoms with van der Waals surface area (Å²) in [4.78, 5) is 26.0. The minimum absolute atomic E-state index is 0.00925. The minimum Gasteiger partial charge on any atom is -0.478 e. The first-order valence-corrected chi connectivity index (χ1v) is 9.01. The van der Waals surface area contributed by atoms with Crippen LogP contribution in [0.15, 0.2) is 48.9 Å². The number of amides is 1. The van der Waals surface area contributed by atoms with Gasteiger partial charge in [0, 0.05) is 19.3 Å². The number of hydrogen-bond donors (Lipinski definition) is 1. The monoisotopic (exact) mass is 364 g/mol. The molecule has 0 atom stereocenters. The van der Waals surface area contributed by atoms with E-state index in [0.29, 0.717) is 35.8 Å². The van der Waals surface area contributed by atoms with Gasteiger partial charge < -0.3 is 10.0 Å². The number of likely N-dealkylation sites (tertiary alicyclic amines) is 1. The molecule has 0 radical (unpaired) electrons. The number of hydrogen-bond acceptors (Lipinski definition) is 4. The topological polar surface area (TPSA) is 87.8 Å². The summed E-state index contributed by atoms with van der Waals surface area (Å²) in [7, 11) is 0. The lowest BCUT2D eigenvalue weighted by Crippen LogP contribution is -2.39. The Balaban J connectivity index is 1.40. The van der Waals surface area contributed by atoms with Crippen LogP contribution in [0.2, 0.25) is 0 Å². The molecule has 0 saturated carbocycles. The highest BCUT2D eigenvalue weighted by atomic mass is 16.4. The molecule has 1 aliphatic rings. The quantitative estimate of drug-likeness (QED) is 0.769. The Labute approximate surface area is 156 Å². The summed E-state index contributed by atoms with van der Waals surface area (Å²) >= 11 is 0. The van der Waals surface area contributed by atoms with Crippen molar-refractivity contribution in [2.24, 2.45) is 5.92 Å². The Morgan fingerprint density at radius 1 is 1.11 bits per heavy atom. The van der Waals surface area contributed by atoms with Gasteiger partial charge in [0.2, 0.25) is 0 Å². The molecule has 3 heterocycles. The first kappa shape index (κ1) is 17.2. The summed E-state index contributed by atoms with van der Waals surface area (Å²) < 4.78 is 1.74. The number of carboxylic acids is 1. The van der Waals surface area contributed by atoms with Crippen LogP contribution in [0.25, 0.3) is 5.65 Å². The molecule has 27 heavy (non-hydrogen) atoms. The molecule has 7 heteroatoms. The maximum atomic E-state index is 12.8. The number of nitrogens with zero attached hydrogens (tertiary/aromatic N) is 4. The molecular weight excluding hydrogens is 344 g/mol. The third kappa shape index (κ3) is 3.53. The second-order valence-corrected chi connectivity index (χ2v) is 6.92. The van der Waals surface area contributed by atoms with Crippen molar-refractivity contribution in [1.29, 1.82) is 0 Å². The van der Waals surface area contributed by atoms with Crippen LogP contribution >= 0.6 is 0 Å². The first-order chi connectivity index (χ1) is 13.1. The Hall–Kier alpha value is -3.22. The molecule has 1 fully saturated rings. The molecule has 1 aliphatic heterocycles. The molecule has 1 N–H and O–H groups in total. The van der Waals surface area contributed by atoms with Gasteiger partial charge in [-0.2, -0.15) is 0 Å². The summed E-state index contributed by atoms with van der Waals surface area (Å²) in [6.07, 6.45) is 5.81. The lowest BCUT2D eigenvalue weighted by Gasteiger charge is -2.32. The highest BCUT2D eigenvalue weighted by molar-refractivity contribution is 5.94. The molecule has 0 bridgehead atoms. The Morgan fingerprint density at radius 3 is 2.67 bits per heavy atom. The number of benzene rings is 1. The van der Waals surface area contributed by atoms with Gasteiger partial charge in [-0.3, -0.25) is 9.20 Å². The number of aromatic nitrogens is 3. The van der Waals surface area contributed by atoms with Crippen molar-refractivity contribution in [3.8, 4) is 0 Å². The van der Waals surface area contributed by atoms with E-state index in [9.17, 15) is 14.7 Å². The van der Waals surface area contributed by atoms with E-state index in [4.69, 9.17) is 0 Å². The molecule has 2 aromatic heterocycles. The SMILES string of the molecule is O=C(O)c1ccccc1CC1CCN(C(=O)c2ccc3nncn3c2)CC1. The molecule has 0 unspecified atom stereocenters. The summed E-state index contributed by atoms with van der Waals surface area (Å²) in [5, 5.41) is 17.1. The summed E-state index contributed by atoms with van der Waals surface area (Å²) in [5.74, 6) is -0.493. The van der Waals surface area contributed by atoms with Gasteiger partial charge in [-0.15, -0.1) is 10.2 Å². The predicted octanol–water partition coefficient (Wildman–Crippen LogP) is 2.52. The van der Waals surface area contributed by atoms with Gasteiger partial charge in [-0.05, 0) is 48.9 Å². The van der Waals surface area contributed by atoms with Gasteiger partial charge >= 0.3 is 5.97 Å². The fraction of sp³-hybridized carbons (Fsp3) is 0.300. The first-order valence-electron chi connectivity index (χ1n) is 9.01. The van der Waals surface area contributed by atoms with Crippen LogP contribution in [0.1, 0.15) is 39.1 Å². The van der Waals surface area contributed by atoms with Gasteiger partial charge in [-0.1, -0.05) is 18.2 Å². The van der Waals surface area contributed by atoms with Crippen LogP contribution in [-0.4, -0.2) is 49.6 Å². The Bertz CT molecular complexity index is 990. The number of carbonyl (C=O) groups is 2. The number of aromatic carboxylic acids is 1. The largest absolute Gasteiger partial charge is 0.478 e. The number of carboxylic acid groups (broad SMARTS) is 1. The van der Waals surface area contributed by atoms with Crippen LogP contribution in [0.4, 0.5) is 0 Å². The van der Waals surface area contributed by atoms with Crippen molar-refractivity contribution < 1.29 is 14.7 Å². The third-order valence-corrected chi connectivity index (χ3v) is 5.20. The maximum Gasteiger partial charge on any atom is 0.335 e. The normalized spacial score (nSPS) is 15.2. The second kappa shape index (κ2) is 7.19. The summed E-state index contributed by atoms with van der Waals surface area (Å²) in [6.45, 7) is 1.36. The molecule has 7 nitrogen and oxygen atoms in total. The van der Waals surface area contributed by atoms with Crippen LogP contribution in [0.3, 0.4) is 0 Å². The molecule has 1 saturated heterocycles. The van der Waals surface area contributed by atoms with Crippen LogP contribution in [-0.2, 0) is 6.42 Å². The summed E-state index contributed by atoms with van der Waals surface area (Å²) in [6, 6.07) is 10.7. The predicted molar refractivity (Wildman–Crippen MR) is 98.7 cm³/mol. The van der Waals surface area contributed by atoms with Crippen molar-refractivity contribution in [1.82, 2.24) is 19.5 Å². The number of fused-ring (bicyclic) bond motifs is 1. The fourth-order valence-electron chi connectivity index (χ4n) is 3.69. The Morgan fingerprint density at radius 2 is 1.89 bits per heavy atom. The molecule has 1 amide bonds. The highest BCUT2D eigenvalue weighted by Crippen LogP contribution is 2.24. The lowest BCUT2D eigenvalue weighted by atomic mass is 9.88. The minimum atomic E-state index is -0.886. The van der Waals surface area contributed by atoms with Gasteiger partial charge in [0.15, 0.2) is 5.65 Å².